The first-order valence-electron chi connectivity index (χ1n) is 11.1. The van der Waals surface area contributed by atoms with E-state index in [1.807, 2.05) is 20.8 Å². The van der Waals surface area contributed by atoms with Crippen molar-refractivity contribution in [1.82, 2.24) is 0 Å². The minimum atomic E-state index is -3.79. The molecular weight excluding hydrogens is 420 g/mol. The predicted molar refractivity (Wildman–Crippen MR) is 115 cm³/mol. The third-order valence-corrected chi connectivity index (χ3v) is 9.51. The Kier molecular flexibility index (Phi) is 6.26. The van der Waals surface area contributed by atoms with Crippen molar-refractivity contribution < 1.29 is 32.0 Å². The number of esters is 1. The molecule has 3 aliphatic rings. The Bertz CT molecular complexity index is 867. The van der Waals surface area contributed by atoms with Crippen molar-refractivity contribution in [2.24, 2.45) is 34.0 Å². The first-order chi connectivity index (χ1) is 14.2. The van der Waals surface area contributed by atoms with Crippen LogP contribution >= 0.6 is 0 Å². The van der Waals surface area contributed by atoms with Crippen LogP contribution in [0.4, 0.5) is 0 Å². The van der Waals surface area contributed by atoms with Gasteiger partial charge in [-0.05, 0) is 42.9 Å². The smallest absolute Gasteiger partial charge is 0.333 e. The van der Waals surface area contributed by atoms with Gasteiger partial charge in [-0.2, -0.15) is 8.42 Å². The second-order valence-corrected chi connectivity index (χ2v) is 12.2. The highest BCUT2D eigenvalue weighted by atomic mass is 32.2. The fourth-order valence-electron chi connectivity index (χ4n) is 6.85. The van der Waals surface area contributed by atoms with Gasteiger partial charge in [-0.1, -0.05) is 33.8 Å². The Hall–Kier alpha value is -1.25. The Morgan fingerprint density at radius 1 is 1.29 bits per heavy atom. The largest absolute Gasteiger partial charge is 0.460 e. The molecule has 7 nitrogen and oxygen atoms in total. The Labute approximate surface area is 185 Å². The van der Waals surface area contributed by atoms with Crippen molar-refractivity contribution in [2.45, 2.75) is 72.0 Å². The number of hydrogen-bond donors (Lipinski definition) is 1. The van der Waals surface area contributed by atoms with E-state index in [9.17, 15) is 23.1 Å². The van der Waals surface area contributed by atoms with E-state index in [4.69, 9.17) is 4.74 Å². The number of aliphatic hydroxyl groups is 1. The third-order valence-electron chi connectivity index (χ3n) is 8.97. The Balaban J connectivity index is 2.08. The molecule has 2 bridgehead atoms. The maximum atomic E-state index is 13.3. The molecule has 3 fully saturated rings. The summed E-state index contributed by atoms with van der Waals surface area (Å²) in [5, 5.41) is 11.4. The van der Waals surface area contributed by atoms with E-state index in [0.717, 1.165) is 25.5 Å². The van der Waals surface area contributed by atoms with Crippen LogP contribution in [0.1, 0.15) is 59.8 Å². The molecule has 0 heterocycles. The second-order valence-electron chi connectivity index (χ2n) is 10.5. The lowest BCUT2D eigenvalue weighted by Gasteiger charge is -2.61. The van der Waals surface area contributed by atoms with Gasteiger partial charge in [-0.15, -0.1) is 6.58 Å². The third kappa shape index (κ3) is 3.89. The number of rotatable bonds is 5. The van der Waals surface area contributed by atoms with Gasteiger partial charge < -0.3 is 9.84 Å². The van der Waals surface area contributed by atoms with Gasteiger partial charge in [0.1, 0.15) is 11.9 Å². The van der Waals surface area contributed by atoms with Crippen molar-refractivity contribution >= 4 is 21.9 Å². The first kappa shape index (κ1) is 24.4. The molecule has 0 aromatic carbocycles. The molecule has 0 amide bonds. The molecule has 0 aromatic heterocycles. The molecule has 3 rings (SSSR count). The summed E-state index contributed by atoms with van der Waals surface area (Å²) >= 11 is 0. The van der Waals surface area contributed by atoms with Gasteiger partial charge >= 0.3 is 5.97 Å². The van der Waals surface area contributed by atoms with Gasteiger partial charge in [0.15, 0.2) is 6.61 Å². The number of ether oxygens (including phenoxy) is 1. The summed E-state index contributed by atoms with van der Waals surface area (Å²) in [5.41, 5.74) is -1.72. The molecule has 0 unspecified atom stereocenters. The number of ketones is 1. The van der Waals surface area contributed by atoms with E-state index >= 15 is 0 Å². The average Bonchev–Trinajstić information content (AvgIpc) is 3.05. The highest BCUT2D eigenvalue weighted by molar-refractivity contribution is 7.86. The van der Waals surface area contributed by atoms with Crippen LogP contribution in [0, 0.1) is 34.0 Å². The van der Waals surface area contributed by atoms with Gasteiger partial charge in [0.2, 0.25) is 0 Å². The van der Waals surface area contributed by atoms with Gasteiger partial charge in [-0.25, -0.2) is 4.79 Å². The van der Waals surface area contributed by atoms with Gasteiger partial charge in [0.05, 0.1) is 12.4 Å². The molecule has 0 radical (unpaired) electrons. The summed E-state index contributed by atoms with van der Waals surface area (Å²) in [6.07, 6.45) is 4.37. The normalized spacial score (nSPS) is 45.4. The van der Waals surface area contributed by atoms with Crippen molar-refractivity contribution in [3.8, 4) is 0 Å². The molecule has 0 aliphatic heterocycles. The standard InChI is InChI=1S/C23H36O7S/c1-7-21(4)12-17(30-18(25)13-29-31(6,27)28)22(5)14(2)8-10-23(15(3)20(21)26)11-9-16(24)19(22)23/h7,14-15,17,19-20,26H,1,8-13H2,2-6H3/t14-,15+,17-,19+,20+,21-,22-,23+/m1/s1. The number of Topliss-reactive ketones (excluding diaryl/α,β-unsaturated/α-hetero) is 1. The van der Waals surface area contributed by atoms with E-state index in [0.29, 0.717) is 12.8 Å². The lowest BCUT2D eigenvalue weighted by atomic mass is 9.44. The molecule has 0 spiro atoms. The summed E-state index contributed by atoms with van der Waals surface area (Å²) in [4.78, 5) is 25.9. The predicted octanol–water partition coefficient (Wildman–Crippen LogP) is 2.87. The quantitative estimate of drug-likeness (QED) is 0.385. The molecule has 8 heteroatoms. The zero-order valence-electron chi connectivity index (χ0n) is 19.2. The van der Waals surface area contributed by atoms with E-state index in [-0.39, 0.29) is 29.0 Å². The van der Waals surface area contributed by atoms with Crippen LogP contribution < -0.4 is 0 Å². The van der Waals surface area contributed by atoms with Crippen LogP contribution in [-0.4, -0.2) is 50.3 Å². The van der Waals surface area contributed by atoms with Crippen LogP contribution in [0.3, 0.4) is 0 Å². The minimum Gasteiger partial charge on any atom is -0.460 e. The molecule has 176 valence electrons. The van der Waals surface area contributed by atoms with E-state index < -0.39 is 45.7 Å². The van der Waals surface area contributed by atoms with Crippen LogP contribution in [-0.2, 0) is 28.6 Å². The van der Waals surface area contributed by atoms with Crippen LogP contribution in [0.15, 0.2) is 12.7 Å². The summed E-state index contributed by atoms with van der Waals surface area (Å²) < 4.78 is 33.1. The van der Waals surface area contributed by atoms with Crippen LogP contribution in [0.25, 0.3) is 0 Å². The molecule has 3 saturated carbocycles. The van der Waals surface area contributed by atoms with Gasteiger partial charge in [0, 0.05) is 23.2 Å². The highest BCUT2D eigenvalue weighted by Crippen LogP contribution is 2.67. The summed E-state index contributed by atoms with van der Waals surface area (Å²) in [5.74, 6) is -0.943. The van der Waals surface area contributed by atoms with E-state index in [1.165, 1.54) is 0 Å². The van der Waals surface area contributed by atoms with Crippen molar-refractivity contribution in [3.05, 3.63) is 12.7 Å². The van der Waals surface area contributed by atoms with Gasteiger partial charge in [-0.3, -0.25) is 8.98 Å². The van der Waals surface area contributed by atoms with E-state index in [1.54, 1.807) is 6.08 Å². The number of hydrogen-bond acceptors (Lipinski definition) is 7. The Morgan fingerprint density at radius 2 is 1.94 bits per heavy atom. The Morgan fingerprint density at radius 3 is 2.52 bits per heavy atom. The molecular formula is C23H36O7S. The lowest BCUT2D eigenvalue weighted by Crippen LogP contribution is -2.63. The van der Waals surface area contributed by atoms with Crippen LogP contribution in [0.2, 0.25) is 0 Å². The monoisotopic (exact) mass is 456 g/mol. The second kappa shape index (κ2) is 7.96. The van der Waals surface area contributed by atoms with Crippen LogP contribution in [0.5, 0.6) is 0 Å². The fourth-order valence-corrected chi connectivity index (χ4v) is 7.16. The highest BCUT2D eigenvalue weighted by Gasteiger charge is 2.68. The molecule has 0 aromatic rings. The summed E-state index contributed by atoms with van der Waals surface area (Å²) in [7, 11) is -3.79. The molecule has 1 N–H and O–H groups in total. The SMILES string of the molecule is C=C[C@]1(C)C[C@@H](OC(=O)COS(C)(=O)=O)[C@@]2(C)[C@H](C)CC[C@]3(CCC(=O)[C@H]32)[C@@H](C)[C@@H]1O. The molecule has 0 saturated heterocycles. The van der Waals surface area contributed by atoms with Crippen molar-refractivity contribution in [1.29, 1.82) is 0 Å². The maximum absolute atomic E-state index is 13.3. The first-order valence-corrected chi connectivity index (χ1v) is 12.9. The average molecular weight is 457 g/mol. The lowest BCUT2D eigenvalue weighted by molar-refractivity contribution is -0.207. The zero-order valence-corrected chi connectivity index (χ0v) is 20.0. The minimum absolute atomic E-state index is 0.107. The van der Waals surface area contributed by atoms with Crippen molar-refractivity contribution in [2.75, 3.05) is 12.9 Å². The number of aliphatic hydroxyl groups excluding tert-OH is 1. The number of carbonyl (C=O) groups excluding carboxylic acids is 2. The molecule has 31 heavy (non-hydrogen) atoms. The molecule has 8 atom stereocenters. The summed E-state index contributed by atoms with van der Waals surface area (Å²) in [6.45, 7) is 11.3. The fraction of sp³-hybridized carbons (Fsp3) is 0.826. The zero-order chi connectivity index (χ0) is 23.4. The maximum Gasteiger partial charge on any atom is 0.333 e. The van der Waals surface area contributed by atoms with Crippen molar-refractivity contribution in [3.63, 3.8) is 0 Å². The molecule has 3 aliphatic carbocycles. The number of carbonyl (C=O) groups is 2. The topological polar surface area (TPSA) is 107 Å². The van der Waals surface area contributed by atoms with Gasteiger partial charge in [0.25, 0.3) is 10.1 Å². The summed E-state index contributed by atoms with van der Waals surface area (Å²) in [6, 6.07) is 0. The van der Waals surface area contributed by atoms with E-state index in [2.05, 4.69) is 17.7 Å².